The van der Waals surface area contributed by atoms with Gasteiger partial charge in [-0.2, -0.15) is 0 Å². The van der Waals surface area contributed by atoms with Gasteiger partial charge in [0, 0.05) is 25.7 Å². The van der Waals surface area contributed by atoms with Crippen LogP contribution in [-0.4, -0.2) is 24.0 Å². The summed E-state index contributed by atoms with van der Waals surface area (Å²) in [6.45, 7) is 7.15. The van der Waals surface area contributed by atoms with Gasteiger partial charge in [0.25, 0.3) is 0 Å². The normalized spacial score (nSPS) is 24.2. The summed E-state index contributed by atoms with van der Waals surface area (Å²) in [7, 11) is 0. The molecule has 2 nitrogen and oxygen atoms in total. The predicted octanol–water partition coefficient (Wildman–Crippen LogP) is 3.15. The van der Waals surface area contributed by atoms with Crippen LogP contribution in [0, 0.1) is 11.2 Å². The number of nitrogens with two attached hydrogens (primary N) is 1. The smallest absolute Gasteiger partial charge is 0.137 e. The van der Waals surface area contributed by atoms with E-state index in [1.165, 1.54) is 0 Å². The van der Waals surface area contributed by atoms with Crippen LogP contribution in [0.3, 0.4) is 0 Å². The molecule has 1 atom stereocenters. The van der Waals surface area contributed by atoms with E-state index in [0.717, 1.165) is 31.6 Å². The molecule has 1 saturated heterocycles. The third-order valence-corrected chi connectivity index (χ3v) is 4.42. The second kappa shape index (κ2) is 5.27. The third-order valence-electron chi connectivity index (χ3n) is 3.78. The van der Waals surface area contributed by atoms with Crippen LogP contribution in [0.2, 0.25) is 0 Å². The Balaban J connectivity index is 2.04. The molecular weight excluding hydrogens is 295 g/mol. The van der Waals surface area contributed by atoms with Gasteiger partial charge in [-0.1, -0.05) is 19.9 Å². The molecule has 0 saturated carbocycles. The first-order valence-corrected chi connectivity index (χ1v) is 7.10. The number of hydrogen-bond donors (Lipinski definition) is 1. The number of benzene rings is 1. The highest BCUT2D eigenvalue weighted by molar-refractivity contribution is 9.10. The van der Waals surface area contributed by atoms with E-state index >= 15 is 0 Å². The van der Waals surface area contributed by atoms with Crippen LogP contribution in [0.5, 0.6) is 0 Å². The van der Waals surface area contributed by atoms with Crippen LogP contribution in [0.1, 0.15) is 25.8 Å². The molecule has 100 valence electrons. The Hall–Kier alpha value is -0.450. The zero-order chi connectivity index (χ0) is 13.3. The topological polar surface area (TPSA) is 29.3 Å². The highest BCUT2D eigenvalue weighted by atomic mass is 79.9. The lowest BCUT2D eigenvalue weighted by molar-refractivity contribution is 0.0898. The molecule has 0 radical (unpaired) electrons. The fourth-order valence-corrected chi connectivity index (χ4v) is 2.76. The van der Waals surface area contributed by atoms with Crippen LogP contribution >= 0.6 is 15.9 Å². The minimum absolute atomic E-state index is 0.131. The van der Waals surface area contributed by atoms with Crippen LogP contribution in [-0.2, 0) is 6.54 Å². The second-order valence-corrected chi connectivity index (χ2v) is 6.70. The van der Waals surface area contributed by atoms with Gasteiger partial charge < -0.3 is 5.73 Å². The molecule has 0 spiro atoms. The van der Waals surface area contributed by atoms with Crippen LogP contribution in [0.25, 0.3) is 0 Å². The Labute approximate surface area is 116 Å². The average molecular weight is 315 g/mol. The summed E-state index contributed by atoms with van der Waals surface area (Å²) >= 11 is 3.18. The zero-order valence-corrected chi connectivity index (χ0v) is 12.5. The van der Waals surface area contributed by atoms with Crippen LogP contribution < -0.4 is 5.73 Å². The molecule has 0 amide bonds. The first kappa shape index (κ1) is 14.0. The van der Waals surface area contributed by atoms with E-state index in [4.69, 9.17) is 5.73 Å². The van der Waals surface area contributed by atoms with Crippen LogP contribution in [0.15, 0.2) is 22.7 Å². The van der Waals surface area contributed by atoms with E-state index < -0.39 is 0 Å². The van der Waals surface area contributed by atoms with Crippen molar-refractivity contribution in [2.24, 2.45) is 11.1 Å². The summed E-state index contributed by atoms with van der Waals surface area (Å²) in [5.74, 6) is -0.194. The minimum Gasteiger partial charge on any atom is -0.327 e. The van der Waals surface area contributed by atoms with Gasteiger partial charge in [0.15, 0.2) is 0 Å². The maximum atomic E-state index is 13.5. The van der Waals surface area contributed by atoms with Crippen molar-refractivity contribution in [2.75, 3.05) is 13.1 Å². The van der Waals surface area contributed by atoms with E-state index in [-0.39, 0.29) is 17.3 Å². The summed E-state index contributed by atoms with van der Waals surface area (Å²) in [5.41, 5.74) is 7.27. The Morgan fingerprint density at radius 1 is 1.50 bits per heavy atom. The van der Waals surface area contributed by atoms with E-state index in [1.807, 2.05) is 6.07 Å². The second-order valence-electron chi connectivity index (χ2n) is 5.84. The summed E-state index contributed by atoms with van der Waals surface area (Å²) in [5, 5.41) is 0. The fourth-order valence-electron chi connectivity index (χ4n) is 2.52. The van der Waals surface area contributed by atoms with Gasteiger partial charge >= 0.3 is 0 Å². The van der Waals surface area contributed by atoms with Gasteiger partial charge in [-0.25, -0.2) is 4.39 Å². The Bertz CT molecular complexity index is 434. The molecule has 2 N–H and O–H groups in total. The number of rotatable bonds is 2. The number of piperidine rings is 1. The van der Waals surface area contributed by atoms with E-state index in [0.29, 0.717) is 4.47 Å². The zero-order valence-electron chi connectivity index (χ0n) is 10.9. The molecule has 1 aromatic rings. The molecule has 0 bridgehead atoms. The van der Waals surface area contributed by atoms with Gasteiger partial charge in [0.1, 0.15) is 5.82 Å². The summed E-state index contributed by atoms with van der Waals surface area (Å²) in [4.78, 5) is 2.35. The highest BCUT2D eigenvalue weighted by Crippen LogP contribution is 2.28. The molecule has 2 rings (SSSR count). The first-order valence-electron chi connectivity index (χ1n) is 6.30. The molecule has 1 aromatic carbocycles. The molecule has 4 heteroatoms. The molecule has 1 fully saturated rings. The summed E-state index contributed by atoms with van der Waals surface area (Å²) in [6.07, 6.45) is 1.01. The maximum absolute atomic E-state index is 13.5. The largest absolute Gasteiger partial charge is 0.327 e. The van der Waals surface area contributed by atoms with Crippen molar-refractivity contribution in [2.45, 2.75) is 32.9 Å². The lowest BCUT2D eigenvalue weighted by atomic mass is 9.79. The molecule has 1 unspecified atom stereocenters. The van der Waals surface area contributed by atoms with Crippen molar-refractivity contribution in [3.63, 3.8) is 0 Å². The monoisotopic (exact) mass is 314 g/mol. The van der Waals surface area contributed by atoms with Gasteiger partial charge in [-0.15, -0.1) is 0 Å². The highest BCUT2D eigenvalue weighted by Gasteiger charge is 2.33. The van der Waals surface area contributed by atoms with Crippen LogP contribution in [0.4, 0.5) is 4.39 Å². The van der Waals surface area contributed by atoms with Gasteiger partial charge in [0.2, 0.25) is 0 Å². The van der Waals surface area contributed by atoms with E-state index in [1.54, 1.807) is 12.1 Å². The van der Waals surface area contributed by atoms with Crippen molar-refractivity contribution >= 4 is 15.9 Å². The number of halogens is 2. The molecular formula is C14H20BrFN2. The number of likely N-dealkylation sites (tertiary alicyclic amines) is 1. The standard InChI is InChI=1S/C14H20BrFN2/c1-14(2)9-18(6-5-13(14)17)8-10-3-4-11(15)12(16)7-10/h3-4,7,13H,5-6,8-9,17H2,1-2H3. The Kier molecular flexibility index (Phi) is 4.09. The molecule has 0 aromatic heterocycles. The van der Waals surface area contributed by atoms with Gasteiger partial charge in [0.05, 0.1) is 4.47 Å². The van der Waals surface area contributed by atoms with Gasteiger partial charge in [-0.05, 0) is 45.5 Å². The molecule has 1 aliphatic heterocycles. The average Bonchev–Trinajstić information content (AvgIpc) is 2.28. The van der Waals surface area contributed by atoms with Crippen molar-refractivity contribution in [1.82, 2.24) is 4.90 Å². The van der Waals surface area contributed by atoms with Gasteiger partial charge in [-0.3, -0.25) is 4.90 Å². The molecule has 1 heterocycles. The van der Waals surface area contributed by atoms with Crippen molar-refractivity contribution in [3.8, 4) is 0 Å². The Morgan fingerprint density at radius 2 is 2.22 bits per heavy atom. The maximum Gasteiger partial charge on any atom is 0.137 e. The molecule has 1 aliphatic rings. The fraction of sp³-hybridized carbons (Fsp3) is 0.571. The van der Waals surface area contributed by atoms with Crippen molar-refractivity contribution in [1.29, 1.82) is 0 Å². The SMILES string of the molecule is CC1(C)CN(Cc2ccc(Br)c(F)c2)CCC1N. The van der Waals surface area contributed by atoms with Crippen molar-refractivity contribution < 1.29 is 4.39 Å². The predicted molar refractivity (Wildman–Crippen MR) is 75.8 cm³/mol. The number of nitrogens with zero attached hydrogens (tertiary/aromatic N) is 1. The lowest BCUT2D eigenvalue weighted by Gasteiger charge is -2.42. The minimum atomic E-state index is -0.194. The Morgan fingerprint density at radius 3 is 2.83 bits per heavy atom. The number of hydrogen-bond acceptors (Lipinski definition) is 2. The van der Waals surface area contributed by atoms with E-state index in [9.17, 15) is 4.39 Å². The van der Waals surface area contributed by atoms with Crippen molar-refractivity contribution in [3.05, 3.63) is 34.1 Å². The molecule has 0 aliphatic carbocycles. The summed E-state index contributed by atoms with van der Waals surface area (Å²) < 4.78 is 14.0. The third kappa shape index (κ3) is 3.11. The summed E-state index contributed by atoms with van der Waals surface area (Å²) in [6, 6.07) is 5.60. The molecule has 18 heavy (non-hydrogen) atoms. The van der Waals surface area contributed by atoms with E-state index in [2.05, 4.69) is 34.7 Å². The quantitative estimate of drug-likeness (QED) is 0.908. The first-order chi connectivity index (χ1) is 8.38. The lowest BCUT2D eigenvalue weighted by Crippen LogP contribution is -2.52.